The molecule has 0 radical (unpaired) electrons. The summed E-state index contributed by atoms with van der Waals surface area (Å²) < 4.78 is 18.9. The number of hydrogen-bond donors (Lipinski definition) is 1. The van der Waals surface area contributed by atoms with E-state index in [-0.39, 0.29) is 5.82 Å². The monoisotopic (exact) mass is 432 g/mol. The zero-order valence-corrected chi connectivity index (χ0v) is 18.1. The zero-order valence-electron chi connectivity index (χ0n) is 17.3. The second-order valence-corrected chi connectivity index (χ2v) is 8.85. The van der Waals surface area contributed by atoms with Gasteiger partial charge in [-0.1, -0.05) is 11.6 Å². The molecule has 2 aliphatic heterocycles. The van der Waals surface area contributed by atoms with Crippen LogP contribution in [-0.4, -0.2) is 54.5 Å². The van der Waals surface area contributed by atoms with Crippen LogP contribution in [0.5, 0.6) is 0 Å². The highest BCUT2D eigenvalue weighted by Gasteiger charge is 2.22. The molecule has 2 aromatic rings. The van der Waals surface area contributed by atoms with Gasteiger partial charge in [0.1, 0.15) is 11.6 Å². The van der Waals surface area contributed by atoms with Crippen molar-refractivity contribution < 1.29 is 9.13 Å². The van der Waals surface area contributed by atoms with E-state index in [1.807, 2.05) is 12.1 Å². The lowest BCUT2D eigenvalue weighted by molar-refractivity contribution is 0.0466. The van der Waals surface area contributed by atoms with Crippen molar-refractivity contribution in [3.63, 3.8) is 0 Å². The number of aromatic nitrogens is 2. The Bertz CT molecular complexity index is 805. The fourth-order valence-electron chi connectivity index (χ4n) is 4.42. The minimum Gasteiger partial charge on any atom is -0.381 e. The standard InChI is InChI=1S/C23H30ClFN4O/c24-21-2-1-19(25)15-20(21)22-3-4-23(28-27-22)26-10-5-17-6-11-29(12-7-17)16-18-8-13-30-14-9-18/h1-4,15,17-18H,5-14,16H2,(H,26,28). The van der Waals surface area contributed by atoms with Crippen molar-refractivity contribution >= 4 is 17.4 Å². The van der Waals surface area contributed by atoms with Crippen LogP contribution in [-0.2, 0) is 4.74 Å². The number of benzene rings is 1. The highest BCUT2D eigenvalue weighted by atomic mass is 35.5. The third-order valence-electron chi connectivity index (χ3n) is 6.29. The number of likely N-dealkylation sites (tertiary alicyclic amines) is 1. The van der Waals surface area contributed by atoms with Crippen molar-refractivity contribution in [2.75, 3.05) is 44.7 Å². The van der Waals surface area contributed by atoms with Crippen molar-refractivity contribution in [1.82, 2.24) is 15.1 Å². The number of piperidine rings is 1. The van der Waals surface area contributed by atoms with Crippen LogP contribution >= 0.6 is 11.6 Å². The van der Waals surface area contributed by atoms with Crippen molar-refractivity contribution in [3.05, 3.63) is 41.2 Å². The van der Waals surface area contributed by atoms with Gasteiger partial charge in [-0.25, -0.2) is 4.39 Å². The molecule has 3 heterocycles. The molecule has 2 fully saturated rings. The number of nitrogens with zero attached hydrogens (tertiary/aromatic N) is 3. The van der Waals surface area contributed by atoms with E-state index in [4.69, 9.17) is 16.3 Å². The van der Waals surface area contributed by atoms with E-state index in [2.05, 4.69) is 20.4 Å². The lowest BCUT2D eigenvalue weighted by Gasteiger charge is -2.35. The molecule has 5 nitrogen and oxygen atoms in total. The first-order chi connectivity index (χ1) is 14.7. The molecule has 0 saturated carbocycles. The zero-order chi connectivity index (χ0) is 20.8. The van der Waals surface area contributed by atoms with Crippen LogP contribution in [0.3, 0.4) is 0 Å². The van der Waals surface area contributed by atoms with Crippen LogP contribution in [0.1, 0.15) is 32.1 Å². The van der Waals surface area contributed by atoms with Gasteiger partial charge in [0.15, 0.2) is 0 Å². The van der Waals surface area contributed by atoms with Crippen molar-refractivity contribution in [3.8, 4) is 11.3 Å². The van der Waals surface area contributed by atoms with Crippen LogP contribution in [0.25, 0.3) is 11.3 Å². The molecule has 4 rings (SSSR count). The average molecular weight is 433 g/mol. The van der Waals surface area contributed by atoms with Gasteiger partial charge in [0.25, 0.3) is 0 Å². The molecule has 0 atom stereocenters. The molecule has 2 aliphatic rings. The highest BCUT2D eigenvalue weighted by Crippen LogP contribution is 2.27. The van der Waals surface area contributed by atoms with Gasteiger partial charge < -0.3 is 15.0 Å². The Kier molecular flexibility index (Phi) is 7.52. The molecule has 0 unspecified atom stereocenters. The number of hydrogen-bond acceptors (Lipinski definition) is 5. The summed E-state index contributed by atoms with van der Waals surface area (Å²) in [6.45, 7) is 6.43. The highest BCUT2D eigenvalue weighted by molar-refractivity contribution is 6.33. The van der Waals surface area contributed by atoms with E-state index in [0.717, 1.165) is 43.8 Å². The Hall–Kier alpha value is -1.76. The maximum absolute atomic E-state index is 13.5. The normalized spacial score (nSPS) is 19.1. The predicted octanol–water partition coefficient (Wildman–Crippen LogP) is 4.88. The van der Waals surface area contributed by atoms with E-state index >= 15 is 0 Å². The molecule has 1 N–H and O–H groups in total. The molecular formula is C23H30ClFN4O. The first kappa shape index (κ1) is 21.5. The number of rotatable bonds is 7. The van der Waals surface area contributed by atoms with Gasteiger partial charge in [0.2, 0.25) is 0 Å². The molecule has 0 aliphatic carbocycles. The first-order valence-corrected chi connectivity index (χ1v) is 11.4. The van der Waals surface area contributed by atoms with Gasteiger partial charge in [-0.3, -0.25) is 0 Å². The fourth-order valence-corrected chi connectivity index (χ4v) is 4.63. The minimum atomic E-state index is -0.336. The smallest absolute Gasteiger partial charge is 0.148 e. The van der Waals surface area contributed by atoms with Gasteiger partial charge in [-0.15, -0.1) is 10.2 Å². The SMILES string of the molecule is Fc1ccc(Cl)c(-c2ccc(NCCC3CCN(CC4CCOCC4)CC3)nn2)c1. The van der Waals surface area contributed by atoms with Crippen molar-refractivity contribution in [2.24, 2.45) is 11.8 Å². The number of anilines is 1. The van der Waals surface area contributed by atoms with Gasteiger partial charge in [-0.2, -0.15) is 0 Å². The molecule has 30 heavy (non-hydrogen) atoms. The third kappa shape index (κ3) is 5.90. The number of ether oxygens (including phenoxy) is 1. The summed E-state index contributed by atoms with van der Waals surface area (Å²) in [6.07, 6.45) is 6.12. The maximum atomic E-state index is 13.5. The van der Waals surface area contributed by atoms with E-state index in [9.17, 15) is 4.39 Å². The van der Waals surface area contributed by atoms with E-state index in [1.54, 1.807) is 0 Å². The first-order valence-electron chi connectivity index (χ1n) is 11.0. The quantitative estimate of drug-likeness (QED) is 0.675. The molecule has 1 aromatic carbocycles. The lowest BCUT2D eigenvalue weighted by atomic mass is 9.92. The third-order valence-corrected chi connectivity index (χ3v) is 6.62. The summed E-state index contributed by atoms with van der Waals surface area (Å²) in [5, 5.41) is 12.3. The number of nitrogens with one attached hydrogen (secondary N) is 1. The van der Waals surface area contributed by atoms with Crippen LogP contribution in [0.4, 0.5) is 10.2 Å². The Morgan fingerprint density at radius 1 is 1.03 bits per heavy atom. The van der Waals surface area contributed by atoms with E-state index in [0.29, 0.717) is 16.3 Å². The largest absolute Gasteiger partial charge is 0.381 e. The Morgan fingerprint density at radius 2 is 1.83 bits per heavy atom. The summed E-state index contributed by atoms with van der Waals surface area (Å²) in [5.74, 6) is 1.99. The molecule has 1 aromatic heterocycles. The topological polar surface area (TPSA) is 50.3 Å². The molecule has 7 heteroatoms. The van der Waals surface area contributed by atoms with Gasteiger partial charge >= 0.3 is 0 Å². The minimum absolute atomic E-state index is 0.336. The lowest BCUT2D eigenvalue weighted by Crippen LogP contribution is -2.38. The summed E-state index contributed by atoms with van der Waals surface area (Å²) >= 11 is 6.15. The van der Waals surface area contributed by atoms with E-state index < -0.39 is 0 Å². The second kappa shape index (κ2) is 10.5. The Morgan fingerprint density at radius 3 is 2.57 bits per heavy atom. The molecular weight excluding hydrogens is 403 g/mol. The summed E-state index contributed by atoms with van der Waals surface area (Å²) in [5.41, 5.74) is 1.13. The molecule has 162 valence electrons. The Balaban J connectivity index is 1.18. The predicted molar refractivity (Wildman–Crippen MR) is 118 cm³/mol. The van der Waals surface area contributed by atoms with Crippen LogP contribution < -0.4 is 5.32 Å². The molecule has 2 saturated heterocycles. The van der Waals surface area contributed by atoms with E-state index in [1.165, 1.54) is 63.5 Å². The number of halogens is 2. The fraction of sp³-hybridized carbons (Fsp3) is 0.565. The average Bonchev–Trinajstić information content (AvgIpc) is 2.78. The molecule has 0 bridgehead atoms. The summed E-state index contributed by atoms with van der Waals surface area (Å²) in [4.78, 5) is 2.64. The summed E-state index contributed by atoms with van der Waals surface area (Å²) in [7, 11) is 0. The Labute approximate surface area is 183 Å². The van der Waals surface area contributed by atoms with Crippen LogP contribution in [0, 0.1) is 17.7 Å². The van der Waals surface area contributed by atoms with Crippen LogP contribution in [0.15, 0.2) is 30.3 Å². The van der Waals surface area contributed by atoms with Gasteiger partial charge in [-0.05, 0) is 87.4 Å². The van der Waals surface area contributed by atoms with Crippen molar-refractivity contribution in [2.45, 2.75) is 32.1 Å². The van der Waals surface area contributed by atoms with Crippen LogP contribution in [0.2, 0.25) is 5.02 Å². The molecule has 0 amide bonds. The van der Waals surface area contributed by atoms with Gasteiger partial charge in [0.05, 0.1) is 10.7 Å². The van der Waals surface area contributed by atoms with Crippen molar-refractivity contribution in [1.29, 1.82) is 0 Å². The maximum Gasteiger partial charge on any atom is 0.148 e. The molecule has 0 spiro atoms. The van der Waals surface area contributed by atoms with Gasteiger partial charge in [0, 0.05) is 31.9 Å². The summed E-state index contributed by atoms with van der Waals surface area (Å²) in [6, 6.07) is 7.96. The second-order valence-electron chi connectivity index (χ2n) is 8.44.